The maximum absolute atomic E-state index is 12.3. The Balaban J connectivity index is 1.77. The molecular weight excluding hydrogens is 238 g/mol. The smallest absolute Gasteiger partial charge is 0.228 e. The fraction of sp³-hybridized carbons (Fsp3) is 0.636. The molecule has 0 aliphatic carbocycles. The number of carbonyl (C=O) groups excluding carboxylic acids is 1. The molecule has 3 heterocycles. The van der Waals surface area contributed by atoms with Gasteiger partial charge in [-0.25, -0.2) is 0 Å². The van der Waals surface area contributed by atoms with Gasteiger partial charge in [0.2, 0.25) is 5.91 Å². The summed E-state index contributed by atoms with van der Waals surface area (Å²) in [5.41, 5.74) is 0.963. The lowest BCUT2D eigenvalue weighted by atomic mass is 10.1. The van der Waals surface area contributed by atoms with Gasteiger partial charge in [-0.2, -0.15) is 16.9 Å². The molecule has 2 aliphatic heterocycles. The van der Waals surface area contributed by atoms with Gasteiger partial charge in [-0.1, -0.05) is 0 Å². The van der Waals surface area contributed by atoms with Gasteiger partial charge in [0.15, 0.2) is 0 Å². The monoisotopic (exact) mass is 253 g/mol. The number of hydrogen-bond acceptors (Lipinski definition) is 4. The number of hydrogen-bond donors (Lipinski definition) is 1. The Kier molecular flexibility index (Phi) is 3.07. The third kappa shape index (κ3) is 2.07. The van der Waals surface area contributed by atoms with E-state index in [0.717, 1.165) is 17.2 Å². The molecule has 0 saturated carbocycles. The van der Waals surface area contributed by atoms with E-state index < -0.39 is 0 Å². The second-order valence-corrected chi connectivity index (χ2v) is 5.44. The van der Waals surface area contributed by atoms with Crippen molar-refractivity contribution in [2.24, 2.45) is 5.92 Å². The molecule has 2 saturated heterocycles. The Labute approximate surface area is 104 Å². The van der Waals surface area contributed by atoms with E-state index in [1.165, 1.54) is 0 Å². The normalized spacial score (nSPS) is 25.6. The van der Waals surface area contributed by atoms with Crippen LogP contribution in [0, 0.1) is 5.92 Å². The molecule has 1 atom stereocenters. The predicted octanol–water partition coefficient (Wildman–Crippen LogP) is 0.673. The third-order valence-electron chi connectivity index (χ3n) is 3.28. The highest BCUT2D eigenvalue weighted by Gasteiger charge is 2.36. The molecule has 0 radical (unpaired) electrons. The first-order valence-electron chi connectivity index (χ1n) is 5.81. The molecule has 17 heavy (non-hydrogen) atoms. The molecule has 0 spiro atoms. The summed E-state index contributed by atoms with van der Waals surface area (Å²) < 4.78 is 5.47. The van der Waals surface area contributed by atoms with Gasteiger partial charge in [-0.3, -0.25) is 9.89 Å². The minimum absolute atomic E-state index is 0.00403. The average molecular weight is 253 g/mol. The zero-order chi connectivity index (χ0) is 11.7. The van der Waals surface area contributed by atoms with E-state index in [4.69, 9.17) is 4.74 Å². The lowest BCUT2D eigenvalue weighted by Crippen LogP contribution is -2.48. The van der Waals surface area contributed by atoms with Gasteiger partial charge in [0, 0.05) is 24.2 Å². The SMILES string of the molecule is O=C(C1CSC1)N1CCOCC1c1ccn[nH]1. The molecule has 2 fully saturated rings. The summed E-state index contributed by atoms with van der Waals surface area (Å²) in [4.78, 5) is 14.3. The zero-order valence-electron chi connectivity index (χ0n) is 9.46. The van der Waals surface area contributed by atoms with E-state index in [-0.39, 0.29) is 17.9 Å². The number of thioether (sulfide) groups is 1. The maximum Gasteiger partial charge on any atom is 0.228 e. The molecule has 1 N–H and O–H groups in total. The first-order chi connectivity index (χ1) is 8.36. The van der Waals surface area contributed by atoms with Crippen molar-refractivity contribution in [3.63, 3.8) is 0 Å². The number of nitrogens with one attached hydrogen (secondary N) is 1. The Hall–Kier alpha value is -1.01. The maximum atomic E-state index is 12.3. The van der Waals surface area contributed by atoms with Crippen LogP contribution < -0.4 is 0 Å². The highest BCUT2D eigenvalue weighted by molar-refractivity contribution is 8.00. The lowest BCUT2D eigenvalue weighted by molar-refractivity contribution is -0.143. The van der Waals surface area contributed by atoms with Crippen LogP contribution in [0.5, 0.6) is 0 Å². The Morgan fingerprint density at radius 1 is 1.59 bits per heavy atom. The first-order valence-corrected chi connectivity index (χ1v) is 6.97. The van der Waals surface area contributed by atoms with Crippen molar-refractivity contribution in [1.82, 2.24) is 15.1 Å². The first kappa shape index (κ1) is 11.1. The second kappa shape index (κ2) is 4.70. The van der Waals surface area contributed by atoms with Crippen LogP contribution in [0.2, 0.25) is 0 Å². The van der Waals surface area contributed by atoms with Crippen LogP contribution in [0.3, 0.4) is 0 Å². The number of morpholine rings is 1. The van der Waals surface area contributed by atoms with Gasteiger partial charge in [0.1, 0.15) is 0 Å². The van der Waals surface area contributed by atoms with Gasteiger partial charge in [-0.15, -0.1) is 0 Å². The summed E-state index contributed by atoms with van der Waals surface area (Å²) >= 11 is 1.84. The number of H-pyrrole nitrogens is 1. The summed E-state index contributed by atoms with van der Waals surface area (Å²) in [6, 6.07) is 1.92. The highest BCUT2D eigenvalue weighted by atomic mass is 32.2. The molecule has 5 nitrogen and oxygen atoms in total. The van der Waals surface area contributed by atoms with Gasteiger partial charge in [-0.05, 0) is 6.07 Å². The van der Waals surface area contributed by atoms with Crippen LogP contribution in [0.25, 0.3) is 0 Å². The van der Waals surface area contributed by atoms with E-state index >= 15 is 0 Å². The Bertz CT molecular complexity index is 391. The number of aromatic nitrogens is 2. The van der Waals surface area contributed by atoms with Crippen molar-refractivity contribution >= 4 is 17.7 Å². The fourth-order valence-corrected chi connectivity index (χ4v) is 2.95. The largest absolute Gasteiger partial charge is 0.377 e. The molecule has 1 amide bonds. The van der Waals surface area contributed by atoms with Gasteiger partial charge in [0.25, 0.3) is 0 Å². The minimum atomic E-state index is 0.00403. The van der Waals surface area contributed by atoms with Gasteiger partial charge >= 0.3 is 0 Å². The third-order valence-corrected chi connectivity index (χ3v) is 4.56. The topological polar surface area (TPSA) is 58.2 Å². The van der Waals surface area contributed by atoms with Crippen LogP contribution in [0.15, 0.2) is 12.3 Å². The van der Waals surface area contributed by atoms with E-state index in [1.807, 2.05) is 22.7 Å². The van der Waals surface area contributed by atoms with Crippen LogP contribution in [0.4, 0.5) is 0 Å². The number of carbonyl (C=O) groups is 1. The molecule has 0 aromatic carbocycles. The molecule has 1 aromatic rings. The van der Waals surface area contributed by atoms with Crippen molar-refractivity contribution in [2.45, 2.75) is 6.04 Å². The Morgan fingerprint density at radius 3 is 3.12 bits per heavy atom. The molecule has 0 bridgehead atoms. The fourth-order valence-electron chi connectivity index (χ4n) is 2.19. The standard InChI is InChI=1S/C11H15N3O2S/c15-11(8-6-17-7-8)14-3-4-16-5-10(14)9-1-2-12-13-9/h1-2,8,10H,3-7H2,(H,12,13). The lowest BCUT2D eigenvalue weighted by Gasteiger charge is -2.38. The molecular formula is C11H15N3O2S. The number of ether oxygens (including phenoxy) is 1. The number of nitrogens with zero attached hydrogens (tertiary/aromatic N) is 2. The summed E-state index contributed by atoms with van der Waals surface area (Å²) in [6.07, 6.45) is 1.71. The van der Waals surface area contributed by atoms with Crippen molar-refractivity contribution in [2.75, 3.05) is 31.3 Å². The molecule has 2 aliphatic rings. The Morgan fingerprint density at radius 2 is 2.47 bits per heavy atom. The van der Waals surface area contributed by atoms with E-state index in [0.29, 0.717) is 19.8 Å². The van der Waals surface area contributed by atoms with Crippen molar-refractivity contribution in [3.8, 4) is 0 Å². The highest BCUT2D eigenvalue weighted by Crippen LogP contribution is 2.30. The predicted molar refractivity (Wildman–Crippen MR) is 64.7 cm³/mol. The van der Waals surface area contributed by atoms with Crippen molar-refractivity contribution in [3.05, 3.63) is 18.0 Å². The van der Waals surface area contributed by atoms with Crippen molar-refractivity contribution < 1.29 is 9.53 Å². The van der Waals surface area contributed by atoms with E-state index in [2.05, 4.69) is 10.2 Å². The number of rotatable bonds is 2. The van der Waals surface area contributed by atoms with Crippen LogP contribution in [-0.4, -0.2) is 52.3 Å². The molecule has 3 rings (SSSR count). The minimum Gasteiger partial charge on any atom is -0.377 e. The summed E-state index contributed by atoms with van der Waals surface area (Å²) in [5, 5.41) is 6.89. The van der Waals surface area contributed by atoms with Crippen LogP contribution in [0.1, 0.15) is 11.7 Å². The van der Waals surface area contributed by atoms with Gasteiger partial charge in [0.05, 0.1) is 30.9 Å². The van der Waals surface area contributed by atoms with Crippen LogP contribution >= 0.6 is 11.8 Å². The average Bonchev–Trinajstić information content (AvgIpc) is 2.80. The zero-order valence-corrected chi connectivity index (χ0v) is 10.3. The van der Waals surface area contributed by atoms with Crippen molar-refractivity contribution in [1.29, 1.82) is 0 Å². The number of amides is 1. The van der Waals surface area contributed by atoms with E-state index in [1.54, 1.807) is 6.20 Å². The molecule has 1 aromatic heterocycles. The second-order valence-electron chi connectivity index (χ2n) is 4.37. The van der Waals surface area contributed by atoms with E-state index in [9.17, 15) is 4.79 Å². The summed E-state index contributed by atoms with van der Waals surface area (Å²) in [6.45, 7) is 1.88. The molecule has 6 heteroatoms. The quantitative estimate of drug-likeness (QED) is 0.841. The van der Waals surface area contributed by atoms with Crippen LogP contribution in [-0.2, 0) is 9.53 Å². The summed E-state index contributed by atoms with van der Waals surface area (Å²) in [7, 11) is 0. The molecule has 1 unspecified atom stereocenters. The number of aromatic amines is 1. The van der Waals surface area contributed by atoms with Gasteiger partial charge < -0.3 is 9.64 Å². The molecule has 92 valence electrons. The summed E-state index contributed by atoms with van der Waals surface area (Å²) in [5.74, 6) is 2.41.